The molecule has 1 aliphatic rings. The van der Waals surface area contributed by atoms with E-state index in [4.69, 9.17) is 15.6 Å². The first kappa shape index (κ1) is 13.8. The summed E-state index contributed by atoms with van der Waals surface area (Å²) in [4.78, 5) is 14.9. The summed E-state index contributed by atoms with van der Waals surface area (Å²) in [5.41, 5.74) is 4.37. The first-order chi connectivity index (χ1) is 8.95. The van der Waals surface area contributed by atoms with Crippen LogP contribution in [0, 0.1) is 0 Å². The number of aliphatic hydroxyl groups excluding tert-OH is 2. The Hall–Kier alpha value is -1.58. The van der Waals surface area contributed by atoms with Crippen LogP contribution in [0.4, 0.5) is 14.6 Å². The maximum atomic E-state index is 13.8. The number of aliphatic hydroxyl groups is 2. The molecule has 1 fully saturated rings. The van der Waals surface area contributed by atoms with Gasteiger partial charge in [-0.15, -0.1) is 0 Å². The number of ether oxygens (including phenoxy) is 1. The van der Waals surface area contributed by atoms with Crippen molar-refractivity contribution < 1.29 is 23.7 Å². The van der Waals surface area contributed by atoms with Crippen molar-refractivity contribution in [2.45, 2.75) is 30.8 Å². The van der Waals surface area contributed by atoms with E-state index in [9.17, 15) is 18.7 Å². The van der Waals surface area contributed by atoms with Crippen molar-refractivity contribution in [2.24, 2.45) is 0 Å². The van der Waals surface area contributed by atoms with Gasteiger partial charge >= 0.3 is 5.69 Å². The number of anilines is 1. The molecular formula is C10H13F2N3O4. The molecule has 3 unspecified atom stereocenters. The number of nitrogen functional groups attached to an aromatic ring is 1. The Balaban J connectivity index is 2.35. The number of rotatable bonds is 2. The van der Waals surface area contributed by atoms with Crippen LogP contribution in [0.2, 0.25) is 0 Å². The summed E-state index contributed by atoms with van der Waals surface area (Å²) >= 11 is 0. The van der Waals surface area contributed by atoms with Crippen molar-refractivity contribution in [3.63, 3.8) is 0 Å². The van der Waals surface area contributed by atoms with E-state index in [1.807, 2.05) is 0 Å². The van der Waals surface area contributed by atoms with Gasteiger partial charge in [-0.1, -0.05) is 0 Å². The molecule has 0 saturated carbocycles. The minimum atomic E-state index is -2.28. The van der Waals surface area contributed by atoms with Crippen LogP contribution in [0.25, 0.3) is 0 Å². The molecule has 9 heteroatoms. The summed E-state index contributed by atoms with van der Waals surface area (Å²) in [5, 5.41) is 18.3. The predicted molar refractivity (Wildman–Crippen MR) is 59.7 cm³/mol. The fourth-order valence-corrected chi connectivity index (χ4v) is 1.87. The van der Waals surface area contributed by atoms with Crippen molar-refractivity contribution in [3.05, 3.63) is 22.7 Å². The summed E-state index contributed by atoms with van der Waals surface area (Å²) in [6.07, 6.45) is -8.16. The number of nitrogens with two attached hydrogens (primary N) is 1. The van der Waals surface area contributed by atoms with Crippen molar-refractivity contribution in [2.75, 3.05) is 12.3 Å². The third-order valence-electron chi connectivity index (χ3n) is 2.90. The summed E-state index contributed by atoms with van der Waals surface area (Å²) in [7, 11) is 0. The monoisotopic (exact) mass is 277 g/mol. The van der Waals surface area contributed by atoms with Crippen LogP contribution in [-0.4, -0.2) is 50.9 Å². The molecule has 0 amide bonds. The van der Waals surface area contributed by atoms with Crippen molar-refractivity contribution in [3.8, 4) is 0 Å². The lowest BCUT2D eigenvalue weighted by molar-refractivity contribution is -0.220. The van der Waals surface area contributed by atoms with Gasteiger partial charge in [0.15, 0.2) is 18.6 Å². The average Bonchev–Trinajstić information content (AvgIpc) is 2.38. The molecule has 19 heavy (non-hydrogen) atoms. The van der Waals surface area contributed by atoms with Gasteiger partial charge in [-0.3, -0.25) is 4.57 Å². The molecule has 1 saturated heterocycles. The molecule has 5 atom stereocenters. The van der Waals surface area contributed by atoms with Crippen LogP contribution in [0.15, 0.2) is 17.1 Å². The highest BCUT2D eigenvalue weighted by Crippen LogP contribution is 2.31. The van der Waals surface area contributed by atoms with Gasteiger partial charge in [-0.25, -0.2) is 13.6 Å². The first-order valence-electron chi connectivity index (χ1n) is 5.53. The second-order valence-electron chi connectivity index (χ2n) is 4.17. The van der Waals surface area contributed by atoms with Crippen LogP contribution in [0.3, 0.4) is 0 Å². The van der Waals surface area contributed by atoms with Crippen LogP contribution >= 0.6 is 0 Å². The quantitative estimate of drug-likeness (QED) is 0.623. The topological polar surface area (TPSA) is 111 Å². The number of hydrogen-bond donors (Lipinski definition) is 3. The first-order valence-corrected chi connectivity index (χ1v) is 5.53. The summed E-state index contributed by atoms with van der Waals surface area (Å²) in [5.74, 6) is -0.0667. The van der Waals surface area contributed by atoms with E-state index in [2.05, 4.69) is 4.98 Å². The fourth-order valence-electron chi connectivity index (χ4n) is 1.87. The lowest BCUT2D eigenvalue weighted by atomic mass is 10.0. The predicted octanol–water partition coefficient (Wildman–Crippen LogP) is -1.25. The van der Waals surface area contributed by atoms with Crippen molar-refractivity contribution >= 4 is 5.82 Å². The Morgan fingerprint density at radius 1 is 1.47 bits per heavy atom. The number of hydrogen-bond acceptors (Lipinski definition) is 6. The highest BCUT2D eigenvalue weighted by Gasteiger charge is 2.47. The third-order valence-corrected chi connectivity index (χ3v) is 2.90. The molecule has 0 bridgehead atoms. The van der Waals surface area contributed by atoms with Gasteiger partial charge < -0.3 is 20.7 Å². The van der Waals surface area contributed by atoms with E-state index in [0.29, 0.717) is 0 Å². The molecule has 0 aromatic carbocycles. The molecular weight excluding hydrogens is 264 g/mol. The largest absolute Gasteiger partial charge is 0.394 e. The highest BCUT2D eigenvalue weighted by molar-refractivity contribution is 5.23. The zero-order valence-electron chi connectivity index (χ0n) is 9.69. The maximum absolute atomic E-state index is 13.8. The van der Waals surface area contributed by atoms with E-state index in [1.54, 1.807) is 0 Å². The van der Waals surface area contributed by atoms with Gasteiger partial charge in [-0.2, -0.15) is 4.98 Å². The Morgan fingerprint density at radius 3 is 2.74 bits per heavy atom. The van der Waals surface area contributed by atoms with E-state index in [-0.39, 0.29) is 5.82 Å². The van der Waals surface area contributed by atoms with E-state index < -0.39 is 43.1 Å². The van der Waals surface area contributed by atoms with Crippen LogP contribution in [0.5, 0.6) is 0 Å². The highest BCUT2D eigenvalue weighted by atomic mass is 19.2. The molecule has 7 nitrogen and oxygen atoms in total. The standard InChI is InChI=1S/C10H13F2N3O4/c11-6-7(12)9(19-4(3-16)8(6)17)15-2-1-5(13)14-10(15)18/h1-2,4,6-9,16-17H,3H2,(H2,13,14,18)/t4-,6?,7?,8?,9-/m1/s1. The van der Waals surface area contributed by atoms with Gasteiger partial charge in [0.05, 0.1) is 6.61 Å². The normalized spacial score (nSPS) is 35.3. The second-order valence-corrected chi connectivity index (χ2v) is 4.17. The van der Waals surface area contributed by atoms with Crippen LogP contribution in [0.1, 0.15) is 6.23 Å². The molecule has 2 heterocycles. The molecule has 1 aromatic heterocycles. The van der Waals surface area contributed by atoms with Gasteiger partial charge in [-0.05, 0) is 6.07 Å². The van der Waals surface area contributed by atoms with Gasteiger partial charge in [0.1, 0.15) is 18.0 Å². The Bertz CT molecular complexity index is 510. The van der Waals surface area contributed by atoms with E-state index >= 15 is 0 Å². The van der Waals surface area contributed by atoms with E-state index in [0.717, 1.165) is 10.8 Å². The van der Waals surface area contributed by atoms with Gasteiger partial charge in [0, 0.05) is 6.20 Å². The number of nitrogens with zero attached hydrogens (tertiary/aromatic N) is 2. The van der Waals surface area contributed by atoms with Crippen molar-refractivity contribution in [1.29, 1.82) is 0 Å². The molecule has 0 spiro atoms. The Labute approximate surface area is 106 Å². The maximum Gasteiger partial charge on any atom is 0.351 e. The number of aromatic nitrogens is 2. The summed E-state index contributed by atoms with van der Waals surface area (Å²) in [6.45, 7) is -0.706. The molecule has 0 aliphatic carbocycles. The minimum Gasteiger partial charge on any atom is -0.394 e. The smallest absolute Gasteiger partial charge is 0.351 e. The third kappa shape index (κ3) is 2.44. The zero-order valence-corrected chi connectivity index (χ0v) is 9.69. The zero-order chi connectivity index (χ0) is 14.2. The van der Waals surface area contributed by atoms with E-state index in [1.165, 1.54) is 6.07 Å². The Kier molecular flexibility index (Phi) is 3.78. The molecule has 1 aromatic rings. The summed E-state index contributed by atoms with van der Waals surface area (Å²) < 4.78 is 33.1. The second kappa shape index (κ2) is 5.19. The van der Waals surface area contributed by atoms with Crippen molar-refractivity contribution in [1.82, 2.24) is 9.55 Å². The number of alkyl halides is 2. The fraction of sp³-hybridized carbons (Fsp3) is 0.600. The molecule has 0 radical (unpaired) electrons. The molecule has 1 aliphatic heterocycles. The molecule has 106 valence electrons. The lowest BCUT2D eigenvalue weighted by Crippen LogP contribution is -2.54. The average molecular weight is 277 g/mol. The molecule has 2 rings (SSSR count). The SMILES string of the molecule is Nc1ccn([C@@H]2O[C@H](CO)C(O)C(F)C2F)c(=O)n1. The van der Waals surface area contributed by atoms with Crippen LogP contribution in [-0.2, 0) is 4.74 Å². The van der Waals surface area contributed by atoms with Gasteiger partial charge in [0.25, 0.3) is 0 Å². The lowest BCUT2D eigenvalue weighted by Gasteiger charge is -2.38. The minimum absolute atomic E-state index is 0.0667. The Morgan fingerprint density at radius 2 is 2.16 bits per heavy atom. The van der Waals surface area contributed by atoms with Gasteiger partial charge in [0.2, 0.25) is 0 Å². The summed E-state index contributed by atoms with van der Waals surface area (Å²) in [6, 6.07) is 1.23. The number of halogens is 2. The molecule has 4 N–H and O–H groups in total. The van der Waals surface area contributed by atoms with Crippen LogP contribution < -0.4 is 11.4 Å².